The van der Waals surface area contributed by atoms with Crippen molar-refractivity contribution in [2.24, 2.45) is 11.8 Å². The smallest absolute Gasteiger partial charge is 0.265 e. The highest BCUT2D eigenvalue weighted by Gasteiger charge is 2.27. The molecule has 1 N–H and O–H groups in total. The zero-order chi connectivity index (χ0) is 20.8. The number of carbonyl (C=O) groups is 2. The molecular formula is C23H31N3O2S. The first-order valence-corrected chi connectivity index (χ1v) is 11.3. The molecule has 6 heteroatoms. The first-order chi connectivity index (χ1) is 13.9. The average Bonchev–Trinajstić information content (AvgIpc) is 3.10. The van der Waals surface area contributed by atoms with Gasteiger partial charge in [-0.15, -0.1) is 11.3 Å². The largest absolute Gasteiger partial charge is 0.356 e. The lowest BCUT2D eigenvalue weighted by molar-refractivity contribution is -0.122. The van der Waals surface area contributed by atoms with Gasteiger partial charge in [0.05, 0.1) is 5.69 Å². The molecular weight excluding hydrogens is 382 g/mol. The second-order valence-electron chi connectivity index (χ2n) is 8.27. The Morgan fingerprint density at radius 2 is 1.90 bits per heavy atom. The van der Waals surface area contributed by atoms with Crippen LogP contribution in [-0.2, 0) is 4.79 Å². The summed E-state index contributed by atoms with van der Waals surface area (Å²) >= 11 is 1.47. The molecule has 3 rings (SSSR count). The first kappa shape index (κ1) is 21.5. The molecule has 0 radical (unpaired) electrons. The topological polar surface area (TPSA) is 62.3 Å². The number of aryl methyl sites for hydroxylation is 1. The third-order valence-corrected chi connectivity index (χ3v) is 6.63. The standard InChI is InChI=1S/C23H31N3O2S/c1-16(2)9-12-24-20(27)15-18-10-13-26(14-11-18)23(28)21-17(3)25-22(29-21)19-7-5-4-6-8-19/h4-8,16,18H,9-15H2,1-3H3,(H,24,27). The summed E-state index contributed by atoms with van der Waals surface area (Å²) in [6.45, 7) is 8.40. The minimum Gasteiger partial charge on any atom is -0.356 e. The number of nitrogens with one attached hydrogen (secondary N) is 1. The number of likely N-dealkylation sites (tertiary alicyclic amines) is 1. The number of benzene rings is 1. The van der Waals surface area contributed by atoms with Crippen molar-refractivity contribution >= 4 is 23.2 Å². The fraction of sp³-hybridized carbons (Fsp3) is 0.522. The van der Waals surface area contributed by atoms with Crippen LogP contribution in [0.1, 0.15) is 54.9 Å². The summed E-state index contributed by atoms with van der Waals surface area (Å²) in [5, 5.41) is 3.91. The maximum atomic E-state index is 13.0. The van der Waals surface area contributed by atoms with E-state index in [0.29, 0.717) is 31.3 Å². The number of rotatable bonds is 7. The fourth-order valence-electron chi connectivity index (χ4n) is 3.62. The Kier molecular flexibility index (Phi) is 7.42. The van der Waals surface area contributed by atoms with Crippen LogP contribution in [0.15, 0.2) is 30.3 Å². The van der Waals surface area contributed by atoms with Crippen LogP contribution in [0, 0.1) is 18.8 Å². The molecule has 0 unspecified atom stereocenters. The van der Waals surface area contributed by atoms with E-state index in [1.165, 1.54) is 11.3 Å². The maximum Gasteiger partial charge on any atom is 0.265 e. The normalized spacial score (nSPS) is 15.0. The summed E-state index contributed by atoms with van der Waals surface area (Å²) in [5.74, 6) is 1.17. The summed E-state index contributed by atoms with van der Waals surface area (Å²) < 4.78 is 0. The van der Waals surface area contributed by atoms with Crippen LogP contribution in [0.4, 0.5) is 0 Å². The molecule has 1 aromatic heterocycles. The maximum absolute atomic E-state index is 13.0. The molecule has 5 nitrogen and oxygen atoms in total. The van der Waals surface area contributed by atoms with Gasteiger partial charge in [-0.2, -0.15) is 0 Å². The second-order valence-corrected chi connectivity index (χ2v) is 9.27. The van der Waals surface area contributed by atoms with Gasteiger partial charge in [0.15, 0.2) is 0 Å². The van der Waals surface area contributed by atoms with Gasteiger partial charge in [0.1, 0.15) is 9.88 Å². The molecule has 1 saturated heterocycles. The van der Waals surface area contributed by atoms with Crippen molar-refractivity contribution in [3.63, 3.8) is 0 Å². The molecule has 1 aromatic carbocycles. The molecule has 0 aliphatic carbocycles. The van der Waals surface area contributed by atoms with E-state index in [2.05, 4.69) is 24.1 Å². The molecule has 0 bridgehead atoms. The van der Waals surface area contributed by atoms with E-state index in [1.54, 1.807) is 0 Å². The lowest BCUT2D eigenvalue weighted by Gasteiger charge is -2.31. The summed E-state index contributed by atoms with van der Waals surface area (Å²) in [7, 11) is 0. The quantitative estimate of drug-likeness (QED) is 0.726. The van der Waals surface area contributed by atoms with Crippen molar-refractivity contribution in [2.75, 3.05) is 19.6 Å². The zero-order valence-electron chi connectivity index (χ0n) is 17.6. The minimum atomic E-state index is 0.0713. The molecule has 29 heavy (non-hydrogen) atoms. The molecule has 1 fully saturated rings. The predicted molar refractivity (Wildman–Crippen MR) is 118 cm³/mol. The Balaban J connectivity index is 1.51. The van der Waals surface area contributed by atoms with Crippen LogP contribution in [0.2, 0.25) is 0 Å². The Bertz CT molecular complexity index is 824. The molecule has 2 amide bonds. The lowest BCUT2D eigenvalue weighted by atomic mass is 9.93. The van der Waals surface area contributed by atoms with Gasteiger partial charge in [0, 0.05) is 31.6 Å². The summed E-state index contributed by atoms with van der Waals surface area (Å²) in [4.78, 5) is 32.4. The summed E-state index contributed by atoms with van der Waals surface area (Å²) in [6, 6.07) is 9.98. The van der Waals surface area contributed by atoms with E-state index in [4.69, 9.17) is 0 Å². The highest BCUT2D eigenvalue weighted by molar-refractivity contribution is 7.17. The van der Waals surface area contributed by atoms with E-state index in [-0.39, 0.29) is 11.8 Å². The van der Waals surface area contributed by atoms with Crippen LogP contribution in [0.3, 0.4) is 0 Å². The van der Waals surface area contributed by atoms with Crippen molar-refractivity contribution in [1.82, 2.24) is 15.2 Å². The number of hydrogen-bond acceptors (Lipinski definition) is 4. The molecule has 0 saturated carbocycles. The highest BCUT2D eigenvalue weighted by Crippen LogP contribution is 2.30. The molecule has 156 valence electrons. The summed E-state index contributed by atoms with van der Waals surface area (Å²) in [5.41, 5.74) is 1.84. The first-order valence-electron chi connectivity index (χ1n) is 10.5. The third-order valence-electron chi connectivity index (χ3n) is 5.43. The van der Waals surface area contributed by atoms with Gasteiger partial charge in [-0.3, -0.25) is 9.59 Å². The van der Waals surface area contributed by atoms with Crippen LogP contribution in [-0.4, -0.2) is 41.3 Å². The monoisotopic (exact) mass is 413 g/mol. The highest BCUT2D eigenvalue weighted by atomic mass is 32.1. The Labute approximate surface area is 177 Å². The number of thiazole rings is 1. The van der Waals surface area contributed by atoms with E-state index in [0.717, 1.165) is 46.9 Å². The van der Waals surface area contributed by atoms with E-state index < -0.39 is 0 Å². The minimum absolute atomic E-state index is 0.0713. The van der Waals surface area contributed by atoms with Gasteiger partial charge in [0.25, 0.3) is 5.91 Å². The Morgan fingerprint density at radius 3 is 2.55 bits per heavy atom. The van der Waals surface area contributed by atoms with Crippen LogP contribution >= 0.6 is 11.3 Å². The number of piperidine rings is 1. The van der Waals surface area contributed by atoms with E-state index >= 15 is 0 Å². The van der Waals surface area contributed by atoms with Crippen molar-refractivity contribution in [3.8, 4) is 10.6 Å². The average molecular weight is 414 g/mol. The number of aromatic nitrogens is 1. The Morgan fingerprint density at radius 1 is 1.21 bits per heavy atom. The van der Waals surface area contributed by atoms with Gasteiger partial charge in [-0.05, 0) is 38.0 Å². The summed E-state index contributed by atoms with van der Waals surface area (Å²) in [6.07, 6.45) is 3.34. The van der Waals surface area contributed by atoms with Crippen molar-refractivity contribution in [2.45, 2.75) is 46.5 Å². The zero-order valence-corrected chi connectivity index (χ0v) is 18.4. The van der Waals surface area contributed by atoms with Gasteiger partial charge in [0.2, 0.25) is 5.91 Å². The van der Waals surface area contributed by atoms with E-state index in [9.17, 15) is 9.59 Å². The van der Waals surface area contributed by atoms with Crippen molar-refractivity contribution in [1.29, 1.82) is 0 Å². The van der Waals surface area contributed by atoms with Crippen LogP contribution in [0.25, 0.3) is 10.6 Å². The van der Waals surface area contributed by atoms with Gasteiger partial charge < -0.3 is 10.2 Å². The Hall–Kier alpha value is -2.21. The molecule has 1 aliphatic heterocycles. The van der Waals surface area contributed by atoms with Crippen LogP contribution < -0.4 is 5.32 Å². The predicted octanol–water partition coefficient (Wildman–Crippen LogP) is 4.52. The molecule has 2 heterocycles. The number of carbonyl (C=O) groups excluding carboxylic acids is 2. The fourth-order valence-corrected chi connectivity index (χ4v) is 4.66. The molecule has 0 atom stereocenters. The van der Waals surface area contributed by atoms with Crippen LogP contribution in [0.5, 0.6) is 0 Å². The van der Waals surface area contributed by atoms with Gasteiger partial charge in [-0.1, -0.05) is 44.2 Å². The molecule has 2 aromatic rings. The van der Waals surface area contributed by atoms with Gasteiger partial charge >= 0.3 is 0 Å². The lowest BCUT2D eigenvalue weighted by Crippen LogP contribution is -2.39. The molecule has 1 aliphatic rings. The third kappa shape index (κ3) is 5.89. The van der Waals surface area contributed by atoms with Crippen molar-refractivity contribution in [3.05, 3.63) is 40.9 Å². The molecule has 0 spiro atoms. The number of nitrogens with zero attached hydrogens (tertiary/aromatic N) is 2. The van der Waals surface area contributed by atoms with Crippen molar-refractivity contribution < 1.29 is 9.59 Å². The van der Waals surface area contributed by atoms with Gasteiger partial charge in [-0.25, -0.2) is 4.98 Å². The number of hydrogen-bond donors (Lipinski definition) is 1. The number of amides is 2. The SMILES string of the molecule is Cc1nc(-c2ccccc2)sc1C(=O)N1CCC(CC(=O)NCCC(C)C)CC1. The second kappa shape index (κ2) is 10.0. The van der Waals surface area contributed by atoms with E-state index in [1.807, 2.05) is 42.2 Å².